The zero-order valence-electron chi connectivity index (χ0n) is 7.59. The smallest absolute Gasteiger partial charge is 0.314 e. The second kappa shape index (κ2) is 4.62. The van der Waals surface area contributed by atoms with Gasteiger partial charge in [-0.1, -0.05) is 0 Å². The molecule has 0 atom stereocenters. The Morgan fingerprint density at radius 1 is 1.45 bits per heavy atom. The highest BCUT2D eigenvalue weighted by atomic mass is 32.2. The average Bonchev–Trinajstić information content (AvgIpc) is 1.78. The van der Waals surface area contributed by atoms with Gasteiger partial charge in [-0.15, -0.1) is 0 Å². The molecule has 0 aromatic heterocycles. The van der Waals surface area contributed by atoms with E-state index in [4.69, 9.17) is 4.18 Å². The SMILES string of the molecule is CC(=O)OSCC[N+](C)(C)C. The van der Waals surface area contributed by atoms with E-state index in [1.807, 2.05) is 0 Å². The summed E-state index contributed by atoms with van der Waals surface area (Å²) in [6, 6.07) is 0. The molecule has 0 spiro atoms. The number of hydrogen-bond acceptors (Lipinski definition) is 3. The molecular formula is C7H16NO2S+. The molecule has 3 nitrogen and oxygen atoms in total. The maximum Gasteiger partial charge on any atom is 0.314 e. The standard InChI is InChI=1S/C7H16NO2S/c1-7(9)10-11-6-5-8(2,3)4/h5-6H2,1-4H3/q+1. The van der Waals surface area contributed by atoms with Crippen molar-refractivity contribution in [3.05, 3.63) is 0 Å². The molecule has 0 aromatic rings. The van der Waals surface area contributed by atoms with Crippen molar-refractivity contribution in [3.8, 4) is 0 Å². The van der Waals surface area contributed by atoms with Gasteiger partial charge in [0.15, 0.2) is 0 Å². The molecule has 0 heterocycles. The summed E-state index contributed by atoms with van der Waals surface area (Å²) in [6.07, 6.45) is 0. The maximum atomic E-state index is 10.3. The van der Waals surface area contributed by atoms with E-state index in [0.29, 0.717) is 0 Å². The summed E-state index contributed by atoms with van der Waals surface area (Å²) in [4.78, 5) is 10.3. The quantitative estimate of drug-likeness (QED) is 0.363. The van der Waals surface area contributed by atoms with E-state index in [1.165, 1.54) is 19.0 Å². The summed E-state index contributed by atoms with van der Waals surface area (Å²) in [7, 11) is 6.32. The van der Waals surface area contributed by atoms with Crippen LogP contribution >= 0.6 is 12.0 Å². The summed E-state index contributed by atoms with van der Waals surface area (Å²) in [5.41, 5.74) is 0. The van der Waals surface area contributed by atoms with Crippen LogP contribution in [0, 0.1) is 0 Å². The van der Waals surface area contributed by atoms with Gasteiger partial charge >= 0.3 is 5.97 Å². The molecule has 0 amide bonds. The minimum Gasteiger partial charge on any atom is -0.391 e. The molecule has 66 valence electrons. The van der Waals surface area contributed by atoms with Crippen LogP contribution in [0.15, 0.2) is 0 Å². The first-order chi connectivity index (χ1) is 4.92. The second-order valence-electron chi connectivity index (χ2n) is 3.41. The van der Waals surface area contributed by atoms with Crippen molar-refractivity contribution in [1.82, 2.24) is 0 Å². The molecule has 0 aliphatic carbocycles. The van der Waals surface area contributed by atoms with E-state index in [0.717, 1.165) is 16.8 Å². The Hall–Kier alpha value is -0.220. The van der Waals surface area contributed by atoms with E-state index >= 15 is 0 Å². The first kappa shape index (κ1) is 10.8. The largest absolute Gasteiger partial charge is 0.391 e. The Balaban J connectivity index is 3.22. The molecule has 0 bridgehead atoms. The summed E-state index contributed by atoms with van der Waals surface area (Å²) in [6.45, 7) is 2.41. The average molecular weight is 178 g/mol. The van der Waals surface area contributed by atoms with Crippen molar-refractivity contribution in [2.45, 2.75) is 6.92 Å². The Kier molecular flexibility index (Phi) is 4.52. The van der Waals surface area contributed by atoms with Gasteiger partial charge in [-0.2, -0.15) is 0 Å². The van der Waals surface area contributed by atoms with Crippen LogP contribution in [-0.4, -0.2) is 43.9 Å². The van der Waals surface area contributed by atoms with Crippen molar-refractivity contribution < 1.29 is 13.5 Å². The summed E-state index contributed by atoms with van der Waals surface area (Å²) >= 11 is 1.22. The van der Waals surface area contributed by atoms with Crippen LogP contribution in [0.25, 0.3) is 0 Å². The Labute approximate surface area is 72.5 Å². The molecule has 0 saturated heterocycles. The first-order valence-corrected chi connectivity index (χ1v) is 4.43. The highest BCUT2D eigenvalue weighted by Gasteiger charge is 2.06. The van der Waals surface area contributed by atoms with E-state index < -0.39 is 0 Å². The van der Waals surface area contributed by atoms with Crippen molar-refractivity contribution in [2.24, 2.45) is 0 Å². The molecule has 0 fully saturated rings. The predicted molar refractivity (Wildman–Crippen MR) is 47.1 cm³/mol. The molecule has 0 aliphatic heterocycles. The minimum atomic E-state index is -0.226. The molecule has 0 N–H and O–H groups in total. The molecule has 11 heavy (non-hydrogen) atoms. The van der Waals surface area contributed by atoms with E-state index in [9.17, 15) is 4.79 Å². The van der Waals surface area contributed by atoms with E-state index in [1.54, 1.807) is 0 Å². The van der Waals surface area contributed by atoms with Gasteiger partial charge in [-0.3, -0.25) is 4.79 Å². The topological polar surface area (TPSA) is 26.3 Å². The lowest BCUT2D eigenvalue weighted by molar-refractivity contribution is -0.867. The van der Waals surface area contributed by atoms with Crippen LogP contribution in [0.4, 0.5) is 0 Å². The zero-order chi connectivity index (χ0) is 8.91. The fraction of sp³-hybridized carbons (Fsp3) is 0.857. The number of quaternary nitrogens is 1. The highest BCUT2D eigenvalue weighted by Crippen LogP contribution is 2.04. The molecule has 0 radical (unpaired) electrons. The van der Waals surface area contributed by atoms with Crippen LogP contribution in [0.1, 0.15) is 6.92 Å². The predicted octanol–water partition coefficient (Wildman–Crippen LogP) is 0.904. The summed E-state index contributed by atoms with van der Waals surface area (Å²) in [5, 5.41) is 0. The van der Waals surface area contributed by atoms with E-state index in [2.05, 4.69) is 21.1 Å². The number of carbonyl (C=O) groups is 1. The zero-order valence-corrected chi connectivity index (χ0v) is 8.40. The van der Waals surface area contributed by atoms with Crippen LogP contribution < -0.4 is 0 Å². The van der Waals surface area contributed by atoms with Gasteiger partial charge < -0.3 is 8.67 Å². The fourth-order valence-electron chi connectivity index (χ4n) is 0.436. The van der Waals surface area contributed by atoms with Crippen molar-refractivity contribution in [1.29, 1.82) is 0 Å². The monoisotopic (exact) mass is 178 g/mol. The first-order valence-electron chi connectivity index (χ1n) is 3.52. The van der Waals surface area contributed by atoms with Gasteiger partial charge in [0, 0.05) is 6.92 Å². The lowest BCUT2D eigenvalue weighted by Gasteiger charge is -2.22. The van der Waals surface area contributed by atoms with Crippen LogP contribution in [0.3, 0.4) is 0 Å². The van der Waals surface area contributed by atoms with Gasteiger partial charge in [0.05, 0.1) is 45.5 Å². The number of nitrogens with zero attached hydrogens (tertiary/aromatic N) is 1. The molecule has 4 heteroatoms. The van der Waals surface area contributed by atoms with Gasteiger partial charge in [-0.05, 0) is 0 Å². The van der Waals surface area contributed by atoms with E-state index in [-0.39, 0.29) is 5.97 Å². The third-order valence-corrected chi connectivity index (χ3v) is 1.72. The van der Waals surface area contributed by atoms with Crippen LogP contribution in [-0.2, 0) is 8.98 Å². The number of carbonyl (C=O) groups excluding carboxylic acids is 1. The highest BCUT2D eigenvalue weighted by molar-refractivity contribution is 7.95. The van der Waals surface area contributed by atoms with Gasteiger partial charge in [0.2, 0.25) is 0 Å². The lowest BCUT2D eigenvalue weighted by Crippen LogP contribution is -2.36. The Morgan fingerprint density at radius 2 is 2.00 bits per heavy atom. The normalized spacial score (nSPS) is 11.3. The summed E-state index contributed by atoms with van der Waals surface area (Å²) < 4.78 is 5.60. The van der Waals surface area contributed by atoms with Crippen molar-refractivity contribution >= 4 is 18.0 Å². The molecular weight excluding hydrogens is 162 g/mol. The van der Waals surface area contributed by atoms with Crippen molar-refractivity contribution in [2.75, 3.05) is 33.4 Å². The molecule has 0 aliphatic rings. The second-order valence-corrected chi connectivity index (χ2v) is 4.22. The number of hydrogen-bond donors (Lipinski definition) is 0. The molecule has 0 saturated carbocycles. The Bertz CT molecular complexity index is 131. The number of rotatable bonds is 4. The third-order valence-electron chi connectivity index (χ3n) is 1.02. The Morgan fingerprint density at radius 3 is 2.36 bits per heavy atom. The molecule has 0 unspecified atom stereocenters. The van der Waals surface area contributed by atoms with Crippen molar-refractivity contribution in [3.63, 3.8) is 0 Å². The maximum absolute atomic E-state index is 10.3. The third kappa shape index (κ3) is 9.78. The van der Waals surface area contributed by atoms with Gasteiger partial charge in [0.25, 0.3) is 0 Å². The fourth-order valence-corrected chi connectivity index (χ4v) is 1.31. The van der Waals surface area contributed by atoms with Crippen LogP contribution in [0.2, 0.25) is 0 Å². The molecule has 0 rings (SSSR count). The lowest BCUT2D eigenvalue weighted by atomic mass is 10.6. The molecule has 0 aromatic carbocycles. The van der Waals surface area contributed by atoms with Crippen LogP contribution in [0.5, 0.6) is 0 Å². The van der Waals surface area contributed by atoms with Gasteiger partial charge in [0.1, 0.15) is 0 Å². The summed E-state index contributed by atoms with van der Waals surface area (Å²) in [5.74, 6) is 0.625. The van der Waals surface area contributed by atoms with Gasteiger partial charge in [-0.25, -0.2) is 0 Å². The minimum absolute atomic E-state index is 0.226.